The van der Waals surface area contributed by atoms with Crippen LogP contribution in [0, 0.1) is 5.92 Å². The first-order valence-corrected chi connectivity index (χ1v) is 16.5. The lowest BCUT2D eigenvalue weighted by atomic mass is 10.0. The number of rotatable bonds is 27. The number of carboxylic acid groups (broad SMARTS) is 2. The molecule has 0 saturated heterocycles. The van der Waals surface area contributed by atoms with Crippen LogP contribution < -0.4 is 26.6 Å². The Morgan fingerprint density at radius 2 is 1.21 bits per heavy atom. The number of carboxylic acids is 2. The number of carbonyl (C=O) groups excluding carboxylic acids is 6. The maximum Gasteiger partial charge on any atom is 0.326 e. The molecule has 18 nitrogen and oxygen atoms in total. The molecular formula is C26H41BrCl2N6O12. The number of hydrogen-bond donors (Lipinski definition) is 7. The SMILES string of the molecule is O=C(CCl)NCCN(CCNC(=O)CCl)C(=O)[C@H](CCNC(=O)COCCOCCNC(=O)CC[C@H](NC(=O)CBr)C(=O)O)C(=O)O. The summed E-state index contributed by atoms with van der Waals surface area (Å²) in [6.45, 7) is -0.273. The minimum Gasteiger partial charge on any atom is -0.481 e. The first kappa shape index (κ1) is 43.7. The van der Waals surface area contributed by atoms with Gasteiger partial charge in [-0.1, -0.05) is 15.9 Å². The average molecular weight is 780 g/mol. The summed E-state index contributed by atoms with van der Waals surface area (Å²) in [4.78, 5) is 95.3. The molecule has 0 aliphatic rings. The number of nitrogens with zero attached hydrogens (tertiary/aromatic N) is 1. The van der Waals surface area contributed by atoms with Crippen LogP contribution in [0.25, 0.3) is 0 Å². The van der Waals surface area contributed by atoms with Crippen molar-refractivity contribution in [3.05, 3.63) is 0 Å². The van der Waals surface area contributed by atoms with E-state index in [1.165, 1.54) is 4.90 Å². The number of amides is 6. The van der Waals surface area contributed by atoms with Crippen LogP contribution >= 0.6 is 39.1 Å². The molecule has 0 aromatic rings. The Bertz CT molecular complexity index is 1040. The molecule has 0 rings (SSSR count). The lowest BCUT2D eigenvalue weighted by molar-refractivity contribution is -0.152. The average Bonchev–Trinajstić information content (AvgIpc) is 3.04. The molecule has 0 bridgehead atoms. The number of alkyl halides is 3. The monoisotopic (exact) mass is 778 g/mol. The summed E-state index contributed by atoms with van der Waals surface area (Å²) in [5.41, 5.74) is 0. The van der Waals surface area contributed by atoms with Crippen molar-refractivity contribution in [2.24, 2.45) is 5.92 Å². The van der Waals surface area contributed by atoms with E-state index in [1.807, 2.05) is 0 Å². The Morgan fingerprint density at radius 3 is 1.74 bits per heavy atom. The zero-order valence-electron chi connectivity index (χ0n) is 25.5. The fourth-order valence-corrected chi connectivity index (χ4v) is 3.92. The molecule has 6 amide bonds. The van der Waals surface area contributed by atoms with E-state index < -0.39 is 59.3 Å². The van der Waals surface area contributed by atoms with Gasteiger partial charge in [0, 0.05) is 45.7 Å². The number of nitrogens with one attached hydrogen (secondary N) is 5. The summed E-state index contributed by atoms with van der Waals surface area (Å²) in [6.07, 6.45) is -0.453. The summed E-state index contributed by atoms with van der Waals surface area (Å²) in [5, 5.41) is 30.9. The first-order valence-electron chi connectivity index (χ1n) is 14.3. The van der Waals surface area contributed by atoms with Crippen molar-refractivity contribution in [3.8, 4) is 0 Å². The van der Waals surface area contributed by atoms with Gasteiger partial charge in [-0.2, -0.15) is 0 Å². The summed E-state index contributed by atoms with van der Waals surface area (Å²) < 4.78 is 10.5. The highest BCUT2D eigenvalue weighted by molar-refractivity contribution is 9.09. The van der Waals surface area contributed by atoms with Gasteiger partial charge in [0.15, 0.2) is 0 Å². The van der Waals surface area contributed by atoms with Crippen LogP contribution in [-0.4, -0.2) is 151 Å². The molecule has 0 heterocycles. The number of carbonyl (C=O) groups is 8. The van der Waals surface area contributed by atoms with Crippen LogP contribution in [0.15, 0.2) is 0 Å². The highest BCUT2D eigenvalue weighted by atomic mass is 79.9. The molecule has 21 heteroatoms. The quantitative estimate of drug-likeness (QED) is 0.0262. The van der Waals surface area contributed by atoms with Crippen molar-refractivity contribution < 1.29 is 58.0 Å². The van der Waals surface area contributed by atoms with Crippen molar-refractivity contribution in [2.45, 2.75) is 25.3 Å². The number of aliphatic carboxylic acids is 2. The normalized spacial score (nSPS) is 11.8. The van der Waals surface area contributed by atoms with E-state index in [0.29, 0.717) is 0 Å². The van der Waals surface area contributed by atoms with Crippen molar-refractivity contribution in [3.63, 3.8) is 0 Å². The fourth-order valence-electron chi connectivity index (χ4n) is 3.57. The Morgan fingerprint density at radius 1 is 0.660 bits per heavy atom. The topological polar surface area (TPSA) is 259 Å². The molecule has 268 valence electrons. The van der Waals surface area contributed by atoms with Crippen LogP contribution in [0.2, 0.25) is 0 Å². The molecule has 7 N–H and O–H groups in total. The van der Waals surface area contributed by atoms with Crippen LogP contribution in [0.1, 0.15) is 19.3 Å². The predicted molar refractivity (Wildman–Crippen MR) is 170 cm³/mol. The third kappa shape index (κ3) is 22.0. The molecule has 0 radical (unpaired) electrons. The van der Waals surface area contributed by atoms with Gasteiger partial charge in [-0.3, -0.25) is 33.6 Å². The molecule has 0 spiro atoms. The Labute approximate surface area is 289 Å². The maximum atomic E-state index is 13.0. The molecule has 0 unspecified atom stereocenters. The second kappa shape index (κ2) is 26.8. The number of halogens is 3. The predicted octanol–water partition coefficient (Wildman–Crippen LogP) is -2.37. The van der Waals surface area contributed by atoms with Crippen molar-refractivity contribution in [1.29, 1.82) is 0 Å². The van der Waals surface area contributed by atoms with E-state index in [-0.39, 0.29) is 102 Å². The van der Waals surface area contributed by atoms with Gasteiger partial charge < -0.3 is 51.2 Å². The van der Waals surface area contributed by atoms with E-state index in [2.05, 4.69) is 42.5 Å². The van der Waals surface area contributed by atoms with Crippen molar-refractivity contribution in [2.75, 3.05) is 82.8 Å². The lowest BCUT2D eigenvalue weighted by Crippen LogP contribution is -2.47. The van der Waals surface area contributed by atoms with Crippen molar-refractivity contribution in [1.82, 2.24) is 31.5 Å². The fraction of sp³-hybridized carbons (Fsp3) is 0.692. The van der Waals surface area contributed by atoms with Crippen LogP contribution in [0.4, 0.5) is 0 Å². The van der Waals surface area contributed by atoms with Crippen molar-refractivity contribution >= 4 is 86.5 Å². The third-order valence-corrected chi connectivity index (χ3v) is 6.90. The Kier molecular flexibility index (Phi) is 24.9. The smallest absolute Gasteiger partial charge is 0.326 e. The largest absolute Gasteiger partial charge is 0.481 e. The van der Waals surface area contributed by atoms with Gasteiger partial charge in [0.05, 0.1) is 25.2 Å². The molecule has 47 heavy (non-hydrogen) atoms. The molecule has 0 aliphatic heterocycles. The highest BCUT2D eigenvalue weighted by Crippen LogP contribution is 2.09. The number of hydrogen-bond acceptors (Lipinski definition) is 10. The Balaban J connectivity index is 4.40. The minimum absolute atomic E-state index is 0.00551. The second-order valence-corrected chi connectivity index (χ2v) is 10.6. The number of ether oxygens (including phenoxy) is 2. The summed E-state index contributed by atoms with van der Waals surface area (Å²) in [7, 11) is 0. The first-order chi connectivity index (χ1) is 22.4. The van der Waals surface area contributed by atoms with Gasteiger partial charge in [0.1, 0.15) is 30.3 Å². The van der Waals surface area contributed by atoms with Crippen LogP contribution in [0.5, 0.6) is 0 Å². The molecule has 2 atom stereocenters. The summed E-state index contributed by atoms with van der Waals surface area (Å²) >= 11 is 13.8. The molecule has 0 aliphatic carbocycles. The third-order valence-electron chi connectivity index (χ3n) is 5.90. The summed E-state index contributed by atoms with van der Waals surface area (Å²) in [5.74, 6) is -8.03. The molecule has 0 saturated carbocycles. The van der Waals surface area contributed by atoms with E-state index in [4.69, 9.17) is 37.8 Å². The van der Waals surface area contributed by atoms with E-state index >= 15 is 0 Å². The molecule has 0 aromatic carbocycles. The van der Waals surface area contributed by atoms with Gasteiger partial charge in [-0.05, 0) is 12.8 Å². The molecular weight excluding hydrogens is 739 g/mol. The zero-order valence-corrected chi connectivity index (χ0v) is 28.6. The van der Waals surface area contributed by atoms with Gasteiger partial charge in [-0.25, -0.2) is 4.79 Å². The summed E-state index contributed by atoms with van der Waals surface area (Å²) in [6, 6.07) is -1.19. The van der Waals surface area contributed by atoms with Gasteiger partial charge in [0.2, 0.25) is 35.4 Å². The zero-order chi connectivity index (χ0) is 35.6. The molecule has 0 fully saturated rings. The van der Waals surface area contributed by atoms with Gasteiger partial charge in [-0.15, -0.1) is 23.2 Å². The van der Waals surface area contributed by atoms with Gasteiger partial charge >= 0.3 is 11.9 Å². The van der Waals surface area contributed by atoms with E-state index in [0.717, 1.165) is 0 Å². The van der Waals surface area contributed by atoms with Crippen LogP contribution in [0.3, 0.4) is 0 Å². The van der Waals surface area contributed by atoms with E-state index in [9.17, 15) is 43.5 Å². The Hall–Kier alpha value is -3.26. The minimum atomic E-state index is -1.52. The van der Waals surface area contributed by atoms with E-state index in [1.54, 1.807) is 0 Å². The van der Waals surface area contributed by atoms with Crippen LogP contribution in [-0.2, 0) is 47.8 Å². The lowest BCUT2D eigenvalue weighted by Gasteiger charge is -2.26. The van der Waals surface area contributed by atoms with Gasteiger partial charge in [0.25, 0.3) is 0 Å². The second-order valence-electron chi connectivity index (χ2n) is 9.47. The maximum absolute atomic E-state index is 13.0. The highest BCUT2D eigenvalue weighted by Gasteiger charge is 2.30. The molecule has 0 aromatic heterocycles. The standard InChI is InChI=1S/C26H41BrCl2N6O12/c27-13-20(37)34-18(26(44)45)1-2-19(36)33-7-10-46-11-12-47-16-23(40)30-4-3-17(25(42)43)24(41)35(8-5-31-21(38)14-28)9-6-32-22(39)15-29/h17-18H,1-16H2,(H,30,40)(H,31,38)(H,32,39)(H,33,36)(H,34,37)(H,42,43)(H,44,45)/t17-,18-/m0/s1.